The lowest BCUT2D eigenvalue weighted by Crippen LogP contribution is -2.11. The van der Waals surface area contributed by atoms with Gasteiger partial charge in [-0.05, 0) is 17.5 Å². The number of hydrogen-bond acceptors (Lipinski definition) is 4. The molecule has 0 spiro atoms. The number of ether oxygens (including phenoxy) is 2. The number of pyridine rings is 1. The predicted octanol–water partition coefficient (Wildman–Crippen LogP) is 1.59. The quantitative estimate of drug-likeness (QED) is 0.715. The van der Waals surface area contributed by atoms with E-state index in [9.17, 15) is 0 Å². The van der Waals surface area contributed by atoms with Crippen molar-refractivity contribution in [2.75, 3.05) is 19.8 Å². The van der Waals surface area contributed by atoms with Crippen LogP contribution in [0.4, 0.5) is 0 Å². The Labute approximate surface area is 96.8 Å². The first-order valence-corrected chi connectivity index (χ1v) is 5.58. The van der Waals surface area contributed by atoms with Gasteiger partial charge in [0.15, 0.2) is 0 Å². The van der Waals surface area contributed by atoms with Crippen LogP contribution in [0, 0.1) is 5.92 Å². The van der Waals surface area contributed by atoms with Crippen LogP contribution < -0.4 is 10.5 Å². The van der Waals surface area contributed by atoms with Crippen molar-refractivity contribution in [2.45, 2.75) is 20.4 Å². The van der Waals surface area contributed by atoms with E-state index in [1.165, 1.54) is 0 Å². The van der Waals surface area contributed by atoms with Crippen molar-refractivity contribution >= 4 is 0 Å². The molecule has 90 valence electrons. The summed E-state index contributed by atoms with van der Waals surface area (Å²) in [5, 5.41) is 0. The summed E-state index contributed by atoms with van der Waals surface area (Å²) in [6, 6.07) is 3.73. The van der Waals surface area contributed by atoms with E-state index in [0.29, 0.717) is 31.6 Å². The zero-order valence-electron chi connectivity index (χ0n) is 9.98. The van der Waals surface area contributed by atoms with Crippen LogP contribution in [0.2, 0.25) is 0 Å². The van der Waals surface area contributed by atoms with E-state index < -0.39 is 0 Å². The van der Waals surface area contributed by atoms with Crippen LogP contribution in [0.5, 0.6) is 5.88 Å². The minimum atomic E-state index is 0.503. The van der Waals surface area contributed by atoms with Gasteiger partial charge in [0, 0.05) is 25.4 Å². The fourth-order valence-electron chi connectivity index (χ4n) is 1.18. The molecular weight excluding hydrogens is 204 g/mol. The molecule has 0 bridgehead atoms. The van der Waals surface area contributed by atoms with Crippen molar-refractivity contribution in [1.82, 2.24) is 4.98 Å². The fourth-order valence-corrected chi connectivity index (χ4v) is 1.18. The zero-order valence-corrected chi connectivity index (χ0v) is 9.98. The lowest BCUT2D eigenvalue weighted by Gasteiger charge is -2.08. The number of nitrogens with two attached hydrogens (primary N) is 1. The van der Waals surface area contributed by atoms with Crippen LogP contribution in [-0.2, 0) is 11.3 Å². The first-order chi connectivity index (χ1) is 7.72. The first-order valence-electron chi connectivity index (χ1n) is 5.58. The Morgan fingerprint density at radius 3 is 2.88 bits per heavy atom. The standard InChI is InChI=1S/C12H20N2O2/c1-10(2)9-15-5-6-16-12-7-11(8-13)3-4-14-12/h3-4,7,10H,5-6,8-9,13H2,1-2H3. The van der Waals surface area contributed by atoms with Gasteiger partial charge in [0.1, 0.15) is 6.61 Å². The molecule has 0 aromatic carbocycles. The smallest absolute Gasteiger partial charge is 0.213 e. The molecule has 0 aliphatic heterocycles. The van der Waals surface area contributed by atoms with Gasteiger partial charge < -0.3 is 15.2 Å². The molecule has 0 aliphatic rings. The Hall–Kier alpha value is -1.13. The van der Waals surface area contributed by atoms with Gasteiger partial charge in [-0.2, -0.15) is 0 Å². The Kier molecular flexibility index (Phi) is 5.82. The Morgan fingerprint density at radius 1 is 1.38 bits per heavy atom. The molecule has 1 aromatic heterocycles. The molecule has 4 heteroatoms. The molecule has 0 atom stereocenters. The van der Waals surface area contributed by atoms with Crippen LogP contribution in [0.25, 0.3) is 0 Å². The van der Waals surface area contributed by atoms with E-state index in [4.69, 9.17) is 15.2 Å². The van der Waals surface area contributed by atoms with E-state index >= 15 is 0 Å². The molecule has 1 heterocycles. The molecule has 0 unspecified atom stereocenters. The molecule has 0 radical (unpaired) electrons. The first kappa shape index (κ1) is 12.9. The highest BCUT2D eigenvalue weighted by molar-refractivity contribution is 5.19. The summed E-state index contributed by atoms with van der Waals surface area (Å²) in [6.45, 7) is 6.61. The average molecular weight is 224 g/mol. The summed E-state index contributed by atoms with van der Waals surface area (Å²) in [4.78, 5) is 4.09. The molecular formula is C12H20N2O2. The number of nitrogens with zero attached hydrogens (tertiary/aromatic N) is 1. The fraction of sp³-hybridized carbons (Fsp3) is 0.583. The van der Waals surface area contributed by atoms with Gasteiger partial charge in [0.25, 0.3) is 0 Å². The number of rotatable bonds is 7. The molecule has 1 rings (SSSR count). The Bertz CT molecular complexity index is 303. The summed E-state index contributed by atoms with van der Waals surface area (Å²) < 4.78 is 10.8. The third-order valence-corrected chi connectivity index (χ3v) is 1.96. The molecule has 0 saturated heterocycles. The SMILES string of the molecule is CC(C)COCCOc1cc(CN)ccn1. The largest absolute Gasteiger partial charge is 0.475 e. The molecule has 2 N–H and O–H groups in total. The van der Waals surface area contributed by atoms with Crippen molar-refractivity contribution in [1.29, 1.82) is 0 Å². The lowest BCUT2D eigenvalue weighted by molar-refractivity contribution is 0.0806. The maximum absolute atomic E-state index is 5.52. The topological polar surface area (TPSA) is 57.4 Å². The van der Waals surface area contributed by atoms with Gasteiger partial charge in [-0.25, -0.2) is 4.98 Å². The van der Waals surface area contributed by atoms with E-state index in [-0.39, 0.29) is 0 Å². The average Bonchev–Trinajstić information content (AvgIpc) is 2.28. The van der Waals surface area contributed by atoms with Gasteiger partial charge >= 0.3 is 0 Å². The van der Waals surface area contributed by atoms with Crippen LogP contribution in [-0.4, -0.2) is 24.8 Å². The molecule has 0 amide bonds. The van der Waals surface area contributed by atoms with Gasteiger partial charge in [0.2, 0.25) is 5.88 Å². The maximum atomic E-state index is 5.52. The molecule has 1 aromatic rings. The Morgan fingerprint density at radius 2 is 2.19 bits per heavy atom. The second-order valence-electron chi connectivity index (χ2n) is 4.02. The molecule has 4 nitrogen and oxygen atoms in total. The monoisotopic (exact) mass is 224 g/mol. The summed E-state index contributed by atoms with van der Waals surface area (Å²) in [5.41, 5.74) is 6.54. The highest BCUT2D eigenvalue weighted by Gasteiger charge is 1.98. The second kappa shape index (κ2) is 7.19. The summed E-state index contributed by atoms with van der Waals surface area (Å²) in [7, 11) is 0. The molecule has 16 heavy (non-hydrogen) atoms. The normalized spacial score (nSPS) is 10.8. The minimum Gasteiger partial charge on any atom is -0.475 e. The van der Waals surface area contributed by atoms with Crippen LogP contribution in [0.1, 0.15) is 19.4 Å². The summed E-state index contributed by atoms with van der Waals surface area (Å²) >= 11 is 0. The predicted molar refractivity (Wildman–Crippen MR) is 63.3 cm³/mol. The van der Waals surface area contributed by atoms with Crippen LogP contribution in [0.15, 0.2) is 18.3 Å². The van der Waals surface area contributed by atoms with E-state index in [1.807, 2.05) is 12.1 Å². The minimum absolute atomic E-state index is 0.503. The molecule has 0 aliphatic carbocycles. The summed E-state index contributed by atoms with van der Waals surface area (Å²) in [5.74, 6) is 1.16. The van der Waals surface area contributed by atoms with Crippen molar-refractivity contribution in [3.05, 3.63) is 23.9 Å². The molecule has 0 saturated carbocycles. The van der Waals surface area contributed by atoms with Gasteiger partial charge in [-0.15, -0.1) is 0 Å². The maximum Gasteiger partial charge on any atom is 0.213 e. The third kappa shape index (κ3) is 5.09. The van der Waals surface area contributed by atoms with Crippen molar-refractivity contribution < 1.29 is 9.47 Å². The second-order valence-corrected chi connectivity index (χ2v) is 4.02. The lowest BCUT2D eigenvalue weighted by atomic mass is 10.2. The van der Waals surface area contributed by atoms with E-state index in [1.54, 1.807) is 6.20 Å². The van der Waals surface area contributed by atoms with Gasteiger partial charge in [0.05, 0.1) is 6.61 Å². The van der Waals surface area contributed by atoms with Crippen molar-refractivity contribution in [2.24, 2.45) is 11.7 Å². The van der Waals surface area contributed by atoms with E-state index in [0.717, 1.165) is 12.2 Å². The van der Waals surface area contributed by atoms with Crippen LogP contribution >= 0.6 is 0 Å². The van der Waals surface area contributed by atoms with Gasteiger partial charge in [-0.1, -0.05) is 13.8 Å². The Balaban J connectivity index is 2.21. The summed E-state index contributed by atoms with van der Waals surface area (Å²) in [6.07, 6.45) is 1.70. The highest BCUT2D eigenvalue weighted by atomic mass is 16.5. The van der Waals surface area contributed by atoms with Gasteiger partial charge in [-0.3, -0.25) is 0 Å². The highest BCUT2D eigenvalue weighted by Crippen LogP contribution is 2.08. The number of aromatic nitrogens is 1. The van der Waals surface area contributed by atoms with Crippen molar-refractivity contribution in [3.63, 3.8) is 0 Å². The third-order valence-electron chi connectivity index (χ3n) is 1.96. The number of hydrogen-bond donors (Lipinski definition) is 1. The van der Waals surface area contributed by atoms with Crippen LogP contribution in [0.3, 0.4) is 0 Å². The van der Waals surface area contributed by atoms with Crippen molar-refractivity contribution in [3.8, 4) is 5.88 Å². The molecule has 0 fully saturated rings. The zero-order chi connectivity index (χ0) is 11.8. The van der Waals surface area contributed by atoms with E-state index in [2.05, 4.69) is 18.8 Å².